The van der Waals surface area contributed by atoms with Crippen LogP contribution in [0.2, 0.25) is 0 Å². The Morgan fingerprint density at radius 1 is 1.56 bits per heavy atom. The molecule has 1 aromatic carbocycles. The smallest absolute Gasteiger partial charge is 0.270 e. The predicted octanol–water partition coefficient (Wildman–Crippen LogP) is 2.14. The third-order valence-electron chi connectivity index (χ3n) is 2.28. The Labute approximate surface area is 118 Å². The van der Waals surface area contributed by atoms with E-state index in [-0.39, 0.29) is 17.6 Å². The molecular formula is C11H14IN3O3. The Hall–Kier alpha value is -1.38. The molecular weight excluding hydrogens is 349 g/mol. The van der Waals surface area contributed by atoms with Gasteiger partial charge in [-0.2, -0.15) is 0 Å². The van der Waals surface area contributed by atoms with Gasteiger partial charge in [0.25, 0.3) is 5.69 Å². The summed E-state index contributed by atoms with van der Waals surface area (Å²) in [6.07, 6.45) is 0. The van der Waals surface area contributed by atoms with Crippen LogP contribution in [0.15, 0.2) is 18.2 Å². The third kappa shape index (κ3) is 3.83. The van der Waals surface area contributed by atoms with Gasteiger partial charge in [-0.05, 0) is 42.5 Å². The van der Waals surface area contributed by atoms with E-state index in [1.54, 1.807) is 13.0 Å². The molecule has 0 saturated heterocycles. The van der Waals surface area contributed by atoms with Crippen LogP contribution in [0.1, 0.15) is 13.8 Å². The standard InChI is InChI=1S/C11H14IN3O3/c1-3-13-11(16)7(2)14-10-5-4-8(15(17)18)6-9(10)12/h4-7,14H,3H2,1-2H3,(H,13,16). The van der Waals surface area contributed by atoms with E-state index in [0.29, 0.717) is 15.8 Å². The van der Waals surface area contributed by atoms with Gasteiger partial charge in [0.05, 0.1) is 4.92 Å². The van der Waals surface area contributed by atoms with Crippen LogP contribution < -0.4 is 10.6 Å². The van der Waals surface area contributed by atoms with Crippen molar-refractivity contribution in [1.82, 2.24) is 5.32 Å². The maximum absolute atomic E-state index is 11.5. The first kappa shape index (κ1) is 14.7. The predicted molar refractivity (Wildman–Crippen MR) is 77.6 cm³/mol. The van der Waals surface area contributed by atoms with E-state index in [1.165, 1.54) is 12.1 Å². The molecule has 0 saturated carbocycles. The van der Waals surface area contributed by atoms with Crippen molar-refractivity contribution in [1.29, 1.82) is 0 Å². The van der Waals surface area contributed by atoms with E-state index in [9.17, 15) is 14.9 Å². The van der Waals surface area contributed by atoms with Gasteiger partial charge in [-0.1, -0.05) is 0 Å². The molecule has 6 nitrogen and oxygen atoms in total. The molecule has 98 valence electrons. The number of halogens is 1. The number of nitro groups is 1. The van der Waals surface area contributed by atoms with Crippen molar-refractivity contribution >= 4 is 39.9 Å². The van der Waals surface area contributed by atoms with Crippen LogP contribution in [0, 0.1) is 13.7 Å². The number of rotatable bonds is 5. The zero-order valence-electron chi connectivity index (χ0n) is 10.1. The molecule has 0 aromatic heterocycles. The molecule has 0 aliphatic heterocycles. The van der Waals surface area contributed by atoms with Gasteiger partial charge in [0.15, 0.2) is 0 Å². The summed E-state index contributed by atoms with van der Waals surface area (Å²) < 4.78 is 0.706. The first-order valence-electron chi connectivity index (χ1n) is 5.44. The highest BCUT2D eigenvalue weighted by molar-refractivity contribution is 14.1. The fraction of sp³-hybridized carbons (Fsp3) is 0.364. The lowest BCUT2D eigenvalue weighted by molar-refractivity contribution is -0.384. The van der Waals surface area contributed by atoms with Crippen molar-refractivity contribution in [2.24, 2.45) is 0 Å². The van der Waals surface area contributed by atoms with Gasteiger partial charge in [-0.15, -0.1) is 0 Å². The van der Waals surface area contributed by atoms with Crippen molar-refractivity contribution in [2.45, 2.75) is 19.9 Å². The fourth-order valence-corrected chi connectivity index (χ4v) is 2.02. The van der Waals surface area contributed by atoms with Crippen LogP contribution >= 0.6 is 22.6 Å². The SMILES string of the molecule is CCNC(=O)C(C)Nc1ccc([N+](=O)[O-])cc1I. The topological polar surface area (TPSA) is 84.3 Å². The van der Waals surface area contributed by atoms with E-state index >= 15 is 0 Å². The quantitative estimate of drug-likeness (QED) is 0.477. The largest absolute Gasteiger partial charge is 0.373 e. The summed E-state index contributed by atoms with van der Waals surface area (Å²) in [6, 6.07) is 4.10. The molecule has 18 heavy (non-hydrogen) atoms. The molecule has 0 spiro atoms. The van der Waals surface area contributed by atoms with Crippen LogP contribution in [0.4, 0.5) is 11.4 Å². The van der Waals surface area contributed by atoms with Gasteiger partial charge in [0.2, 0.25) is 5.91 Å². The number of anilines is 1. The second kappa shape index (κ2) is 6.53. The summed E-state index contributed by atoms with van der Waals surface area (Å²) in [4.78, 5) is 21.7. The molecule has 0 aliphatic rings. The summed E-state index contributed by atoms with van der Waals surface area (Å²) in [5, 5.41) is 16.3. The second-order valence-electron chi connectivity index (χ2n) is 3.68. The van der Waals surface area contributed by atoms with Gasteiger partial charge in [-0.3, -0.25) is 14.9 Å². The molecule has 0 heterocycles. The zero-order chi connectivity index (χ0) is 13.7. The Kier molecular flexibility index (Phi) is 5.32. The van der Waals surface area contributed by atoms with E-state index in [0.717, 1.165) is 0 Å². The second-order valence-corrected chi connectivity index (χ2v) is 4.84. The van der Waals surface area contributed by atoms with Crippen LogP contribution in [-0.2, 0) is 4.79 Å². The Bertz CT molecular complexity index is 465. The summed E-state index contributed by atoms with van der Waals surface area (Å²) >= 11 is 2.00. The van der Waals surface area contributed by atoms with Crippen molar-refractivity contribution in [3.63, 3.8) is 0 Å². The minimum absolute atomic E-state index is 0.0376. The van der Waals surface area contributed by atoms with Crippen LogP contribution in [0.25, 0.3) is 0 Å². The Balaban J connectivity index is 2.79. The molecule has 1 aromatic rings. The van der Waals surface area contributed by atoms with E-state index in [2.05, 4.69) is 10.6 Å². The van der Waals surface area contributed by atoms with E-state index < -0.39 is 4.92 Å². The fourth-order valence-electron chi connectivity index (χ4n) is 1.36. The Morgan fingerprint density at radius 3 is 2.72 bits per heavy atom. The summed E-state index contributed by atoms with van der Waals surface area (Å²) in [6.45, 7) is 4.16. The van der Waals surface area contributed by atoms with Crippen LogP contribution in [0.3, 0.4) is 0 Å². The number of amides is 1. The average molecular weight is 363 g/mol. The molecule has 1 amide bonds. The highest BCUT2D eigenvalue weighted by Gasteiger charge is 2.14. The number of hydrogen-bond donors (Lipinski definition) is 2. The summed E-state index contributed by atoms with van der Waals surface area (Å²) in [5.74, 6) is -0.105. The first-order chi connectivity index (χ1) is 8.45. The van der Waals surface area contributed by atoms with Gasteiger partial charge in [0, 0.05) is 27.9 Å². The number of benzene rings is 1. The van der Waals surface area contributed by atoms with Crippen LogP contribution in [0.5, 0.6) is 0 Å². The highest BCUT2D eigenvalue weighted by atomic mass is 127. The lowest BCUT2D eigenvalue weighted by atomic mass is 10.2. The summed E-state index contributed by atoms with van der Waals surface area (Å²) in [5.41, 5.74) is 0.746. The molecule has 0 bridgehead atoms. The third-order valence-corrected chi connectivity index (χ3v) is 3.17. The van der Waals surface area contributed by atoms with Gasteiger partial charge in [-0.25, -0.2) is 0 Å². The van der Waals surface area contributed by atoms with Gasteiger partial charge >= 0.3 is 0 Å². The van der Waals surface area contributed by atoms with Crippen LogP contribution in [-0.4, -0.2) is 23.4 Å². The number of nitrogens with zero attached hydrogens (tertiary/aromatic N) is 1. The number of likely N-dealkylation sites (N-methyl/N-ethyl adjacent to an activating group) is 1. The molecule has 0 fully saturated rings. The van der Waals surface area contributed by atoms with Crippen molar-refractivity contribution in [2.75, 3.05) is 11.9 Å². The number of nitrogens with one attached hydrogen (secondary N) is 2. The number of nitro benzene ring substituents is 1. The molecule has 2 N–H and O–H groups in total. The lowest BCUT2D eigenvalue weighted by Crippen LogP contribution is -2.37. The average Bonchev–Trinajstić information content (AvgIpc) is 2.31. The van der Waals surface area contributed by atoms with Crippen molar-refractivity contribution in [3.8, 4) is 0 Å². The lowest BCUT2D eigenvalue weighted by Gasteiger charge is -2.15. The van der Waals surface area contributed by atoms with E-state index in [1.807, 2.05) is 29.5 Å². The van der Waals surface area contributed by atoms with Gasteiger partial charge in [0.1, 0.15) is 6.04 Å². The Morgan fingerprint density at radius 2 is 2.22 bits per heavy atom. The number of carbonyl (C=O) groups excluding carboxylic acids is 1. The number of hydrogen-bond acceptors (Lipinski definition) is 4. The molecule has 1 atom stereocenters. The number of carbonyl (C=O) groups is 1. The molecule has 1 rings (SSSR count). The zero-order valence-corrected chi connectivity index (χ0v) is 12.2. The molecule has 0 aliphatic carbocycles. The minimum atomic E-state index is -0.445. The van der Waals surface area contributed by atoms with Gasteiger partial charge < -0.3 is 10.6 Å². The number of non-ortho nitro benzene ring substituents is 1. The van der Waals surface area contributed by atoms with Crippen molar-refractivity contribution in [3.05, 3.63) is 31.9 Å². The minimum Gasteiger partial charge on any atom is -0.373 e. The van der Waals surface area contributed by atoms with Crippen molar-refractivity contribution < 1.29 is 9.72 Å². The first-order valence-corrected chi connectivity index (χ1v) is 6.51. The maximum Gasteiger partial charge on any atom is 0.270 e. The van der Waals surface area contributed by atoms with E-state index in [4.69, 9.17) is 0 Å². The molecule has 1 unspecified atom stereocenters. The normalized spacial score (nSPS) is 11.7. The molecule has 7 heteroatoms. The summed E-state index contributed by atoms with van der Waals surface area (Å²) in [7, 11) is 0. The highest BCUT2D eigenvalue weighted by Crippen LogP contribution is 2.24. The monoisotopic (exact) mass is 363 g/mol. The molecule has 0 radical (unpaired) electrons. The maximum atomic E-state index is 11.5.